The highest BCUT2D eigenvalue weighted by Crippen LogP contribution is 2.29. The van der Waals surface area contributed by atoms with Crippen LogP contribution < -0.4 is 5.32 Å². The van der Waals surface area contributed by atoms with Gasteiger partial charge in [-0.3, -0.25) is 9.69 Å². The second kappa shape index (κ2) is 12.1. The predicted molar refractivity (Wildman–Crippen MR) is 133 cm³/mol. The van der Waals surface area contributed by atoms with Gasteiger partial charge in [-0.15, -0.1) is 0 Å². The first kappa shape index (κ1) is 26.5. The minimum absolute atomic E-state index is 0.0244. The fourth-order valence-corrected chi connectivity index (χ4v) is 6.27. The highest BCUT2D eigenvalue weighted by molar-refractivity contribution is 7.89. The summed E-state index contributed by atoms with van der Waals surface area (Å²) >= 11 is 0. The van der Waals surface area contributed by atoms with Crippen LogP contribution in [0.5, 0.6) is 0 Å². The van der Waals surface area contributed by atoms with Crippen molar-refractivity contribution in [2.24, 2.45) is 5.92 Å². The number of aromatic nitrogens is 1. The van der Waals surface area contributed by atoms with Crippen LogP contribution in [0.25, 0.3) is 12.2 Å². The van der Waals surface area contributed by atoms with Crippen LogP contribution in [0.1, 0.15) is 36.3 Å². The monoisotopic (exact) mass is 520 g/mol. The van der Waals surface area contributed by atoms with Gasteiger partial charge in [-0.2, -0.15) is 4.31 Å². The zero-order chi connectivity index (χ0) is 25.5. The molecular weight excluding hydrogens is 487 g/mol. The molecular formula is C25H33FN4O5S. The van der Waals surface area contributed by atoms with Crippen LogP contribution in [0.4, 0.5) is 4.39 Å². The zero-order valence-corrected chi connectivity index (χ0v) is 21.3. The molecule has 0 unspecified atom stereocenters. The van der Waals surface area contributed by atoms with E-state index in [4.69, 9.17) is 9.26 Å². The highest BCUT2D eigenvalue weighted by atomic mass is 32.2. The normalized spacial score (nSPS) is 18.6. The van der Waals surface area contributed by atoms with Crippen LogP contribution in [0, 0.1) is 18.7 Å². The summed E-state index contributed by atoms with van der Waals surface area (Å²) in [5, 5.41) is 6.83. The van der Waals surface area contributed by atoms with Gasteiger partial charge in [0.05, 0.1) is 13.2 Å². The Morgan fingerprint density at radius 3 is 2.61 bits per heavy atom. The molecule has 2 aliphatic rings. The maximum atomic E-state index is 13.9. The standard InChI is InChI=1S/C25H33FN4O5S/c1-19-24(23(35-28-19)8-7-20-5-2-3-6-22(20)26)36(32,33)30-13-9-21(10-14-30)25(31)27-11-4-12-29-15-17-34-18-16-29/h2-3,5-8,21H,4,9-18H2,1H3,(H,27,31)/b8-7+. The van der Waals surface area contributed by atoms with E-state index >= 15 is 0 Å². The van der Waals surface area contributed by atoms with Crippen molar-refractivity contribution in [3.05, 3.63) is 47.1 Å². The summed E-state index contributed by atoms with van der Waals surface area (Å²) in [6, 6.07) is 6.18. The lowest BCUT2D eigenvalue weighted by Crippen LogP contribution is -2.43. The Balaban J connectivity index is 1.31. The van der Waals surface area contributed by atoms with Crippen LogP contribution in [-0.2, 0) is 19.6 Å². The van der Waals surface area contributed by atoms with Crippen molar-refractivity contribution >= 4 is 28.1 Å². The third kappa shape index (κ3) is 6.39. The second-order valence-electron chi connectivity index (χ2n) is 9.09. The lowest BCUT2D eigenvalue weighted by atomic mass is 9.97. The maximum absolute atomic E-state index is 13.9. The molecule has 2 saturated heterocycles. The molecule has 11 heteroatoms. The SMILES string of the molecule is Cc1noc(/C=C/c2ccccc2F)c1S(=O)(=O)N1CCC(C(=O)NCCCN2CCOCC2)CC1. The number of nitrogens with one attached hydrogen (secondary N) is 1. The average Bonchev–Trinajstić information content (AvgIpc) is 3.27. The lowest BCUT2D eigenvalue weighted by molar-refractivity contribution is -0.126. The number of hydrogen-bond donors (Lipinski definition) is 1. The van der Waals surface area contributed by atoms with Gasteiger partial charge in [0.2, 0.25) is 15.9 Å². The Morgan fingerprint density at radius 1 is 1.17 bits per heavy atom. The Bertz CT molecular complexity index is 1170. The van der Waals surface area contributed by atoms with E-state index in [9.17, 15) is 17.6 Å². The average molecular weight is 521 g/mol. The molecule has 0 bridgehead atoms. The first-order chi connectivity index (χ1) is 17.4. The number of ether oxygens (including phenoxy) is 1. The quantitative estimate of drug-likeness (QED) is 0.507. The van der Waals surface area contributed by atoms with Crippen molar-refractivity contribution in [3.63, 3.8) is 0 Å². The van der Waals surface area contributed by atoms with Gasteiger partial charge in [-0.05, 0) is 50.9 Å². The molecule has 36 heavy (non-hydrogen) atoms. The topological polar surface area (TPSA) is 105 Å². The third-order valence-electron chi connectivity index (χ3n) is 6.63. The van der Waals surface area contributed by atoms with Gasteiger partial charge >= 0.3 is 0 Å². The number of carbonyl (C=O) groups excluding carboxylic acids is 1. The smallest absolute Gasteiger partial charge is 0.248 e. The highest BCUT2D eigenvalue weighted by Gasteiger charge is 2.35. The third-order valence-corrected chi connectivity index (χ3v) is 8.69. The molecule has 1 aromatic heterocycles. The summed E-state index contributed by atoms with van der Waals surface area (Å²) < 4.78 is 52.7. The van der Waals surface area contributed by atoms with Gasteiger partial charge in [0, 0.05) is 44.2 Å². The molecule has 0 aliphatic carbocycles. The van der Waals surface area contributed by atoms with Gasteiger partial charge in [-0.25, -0.2) is 12.8 Å². The van der Waals surface area contributed by atoms with E-state index < -0.39 is 15.8 Å². The Kier molecular flexibility index (Phi) is 8.89. The minimum atomic E-state index is -3.89. The maximum Gasteiger partial charge on any atom is 0.248 e. The van der Waals surface area contributed by atoms with Crippen LogP contribution in [0.15, 0.2) is 33.7 Å². The number of piperidine rings is 1. The van der Waals surface area contributed by atoms with Crippen LogP contribution in [0.3, 0.4) is 0 Å². The molecule has 4 rings (SSSR count). The minimum Gasteiger partial charge on any atom is -0.379 e. The molecule has 0 atom stereocenters. The fourth-order valence-electron chi connectivity index (χ4n) is 4.55. The van der Waals surface area contributed by atoms with Crippen LogP contribution in [-0.4, -0.2) is 81.2 Å². The van der Waals surface area contributed by atoms with Gasteiger partial charge in [-0.1, -0.05) is 23.4 Å². The number of benzene rings is 1. The van der Waals surface area contributed by atoms with Gasteiger partial charge < -0.3 is 14.6 Å². The van der Waals surface area contributed by atoms with Crippen LogP contribution >= 0.6 is 0 Å². The van der Waals surface area contributed by atoms with Gasteiger partial charge in [0.25, 0.3) is 0 Å². The number of rotatable bonds is 9. The molecule has 0 radical (unpaired) electrons. The number of morpholine rings is 1. The number of carbonyl (C=O) groups is 1. The lowest BCUT2D eigenvalue weighted by Gasteiger charge is -2.30. The molecule has 196 valence electrons. The first-order valence-electron chi connectivity index (χ1n) is 12.3. The molecule has 1 amide bonds. The number of halogens is 1. The molecule has 1 N–H and O–H groups in total. The number of nitrogens with zero attached hydrogens (tertiary/aromatic N) is 3. The zero-order valence-electron chi connectivity index (χ0n) is 20.5. The first-order valence-corrected chi connectivity index (χ1v) is 13.8. The summed E-state index contributed by atoms with van der Waals surface area (Å²) in [5.41, 5.74) is 0.551. The molecule has 3 heterocycles. The molecule has 2 fully saturated rings. The summed E-state index contributed by atoms with van der Waals surface area (Å²) in [6.45, 7) is 6.91. The molecule has 0 saturated carbocycles. The summed E-state index contributed by atoms with van der Waals surface area (Å²) in [4.78, 5) is 14.9. The van der Waals surface area contributed by atoms with E-state index in [2.05, 4.69) is 15.4 Å². The van der Waals surface area contributed by atoms with Crippen molar-refractivity contribution in [2.45, 2.75) is 31.1 Å². The molecule has 0 spiro atoms. The predicted octanol–water partition coefficient (Wildman–Crippen LogP) is 2.53. The number of aryl methyl sites for hydroxylation is 1. The van der Waals surface area contributed by atoms with Crippen molar-refractivity contribution in [1.29, 1.82) is 0 Å². The Hall–Kier alpha value is -2.60. The van der Waals surface area contributed by atoms with Crippen molar-refractivity contribution in [2.75, 3.05) is 52.5 Å². The fraction of sp³-hybridized carbons (Fsp3) is 0.520. The Labute approximate surface area is 211 Å². The van der Waals surface area contributed by atoms with Crippen molar-refractivity contribution in [1.82, 2.24) is 19.7 Å². The second-order valence-corrected chi connectivity index (χ2v) is 11.0. The summed E-state index contributed by atoms with van der Waals surface area (Å²) in [7, 11) is -3.89. The van der Waals surface area contributed by atoms with Gasteiger partial charge in [0.1, 0.15) is 11.5 Å². The molecule has 9 nitrogen and oxygen atoms in total. The summed E-state index contributed by atoms with van der Waals surface area (Å²) in [6.07, 6.45) is 4.64. The number of amides is 1. The van der Waals surface area contributed by atoms with Crippen LogP contribution in [0.2, 0.25) is 0 Å². The number of sulfonamides is 1. The number of hydrogen-bond acceptors (Lipinski definition) is 7. The van der Waals surface area contributed by atoms with Crippen molar-refractivity contribution < 1.29 is 26.9 Å². The molecule has 2 aliphatic heterocycles. The van der Waals surface area contributed by atoms with E-state index in [0.717, 1.165) is 39.3 Å². The van der Waals surface area contributed by atoms with E-state index in [1.807, 2.05) is 0 Å². The summed E-state index contributed by atoms with van der Waals surface area (Å²) in [5.74, 6) is -0.612. The molecule has 2 aromatic rings. The Morgan fingerprint density at radius 2 is 1.89 bits per heavy atom. The largest absolute Gasteiger partial charge is 0.379 e. The van der Waals surface area contributed by atoms with E-state index in [0.29, 0.717) is 24.9 Å². The van der Waals surface area contributed by atoms with E-state index in [1.165, 1.54) is 22.5 Å². The van der Waals surface area contributed by atoms with Crippen molar-refractivity contribution in [3.8, 4) is 0 Å². The molecule has 1 aromatic carbocycles. The van der Waals surface area contributed by atoms with Gasteiger partial charge in [0.15, 0.2) is 10.7 Å². The van der Waals surface area contributed by atoms with E-state index in [1.54, 1.807) is 25.1 Å². The van der Waals surface area contributed by atoms with E-state index in [-0.39, 0.29) is 41.3 Å².